The third kappa shape index (κ3) is 4.40. The molecule has 186 valence electrons. The Bertz CT molecular complexity index is 1250. The van der Waals surface area contributed by atoms with E-state index < -0.39 is 58.6 Å². The smallest absolute Gasteiger partial charge is 0.417 e. The summed E-state index contributed by atoms with van der Waals surface area (Å²) in [5.74, 6) is -4.91. The van der Waals surface area contributed by atoms with Crippen LogP contribution in [0.15, 0.2) is 52.2 Å². The summed E-state index contributed by atoms with van der Waals surface area (Å²) in [5, 5.41) is 15.7. The van der Waals surface area contributed by atoms with E-state index in [1.165, 1.54) is 23.2 Å². The fraction of sp³-hybridized carbons (Fsp3) is 0.304. The van der Waals surface area contributed by atoms with E-state index in [4.69, 9.17) is 0 Å². The third-order valence-electron chi connectivity index (χ3n) is 6.20. The second-order valence-electron chi connectivity index (χ2n) is 8.45. The van der Waals surface area contributed by atoms with Gasteiger partial charge in [-0.05, 0) is 44.0 Å². The van der Waals surface area contributed by atoms with E-state index in [1.807, 2.05) is 0 Å². The Morgan fingerprint density at radius 1 is 1.23 bits per heavy atom. The van der Waals surface area contributed by atoms with E-state index in [9.17, 15) is 36.6 Å². The highest BCUT2D eigenvalue weighted by Gasteiger charge is 2.52. The Kier molecular flexibility index (Phi) is 6.39. The number of aliphatic hydroxyl groups excluding tert-OH is 1. The number of halogens is 6. The average molecular weight is 560 g/mol. The van der Waals surface area contributed by atoms with Gasteiger partial charge in [-0.1, -0.05) is 28.1 Å². The Morgan fingerprint density at radius 3 is 2.63 bits per heavy atom. The van der Waals surface area contributed by atoms with Crippen molar-refractivity contribution in [2.75, 3.05) is 11.9 Å². The van der Waals surface area contributed by atoms with Crippen molar-refractivity contribution in [2.45, 2.75) is 38.0 Å². The van der Waals surface area contributed by atoms with E-state index in [0.29, 0.717) is 25.5 Å². The molecule has 0 spiro atoms. The van der Waals surface area contributed by atoms with Gasteiger partial charge in [-0.25, -0.2) is 13.8 Å². The molecule has 2 heterocycles. The lowest BCUT2D eigenvalue weighted by atomic mass is 9.90. The van der Waals surface area contributed by atoms with Crippen LogP contribution in [0.1, 0.15) is 30.9 Å². The Labute approximate surface area is 205 Å². The first-order valence-corrected chi connectivity index (χ1v) is 11.3. The van der Waals surface area contributed by atoms with Gasteiger partial charge in [0.25, 0.3) is 11.8 Å². The zero-order valence-electron chi connectivity index (χ0n) is 18.2. The van der Waals surface area contributed by atoms with Gasteiger partial charge in [0.05, 0.1) is 17.6 Å². The van der Waals surface area contributed by atoms with Crippen LogP contribution in [0.3, 0.4) is 0 Å². The van der Waals surface area contributed by atoms with Crippen LogP contribution in [-0.2, 0) is 22.3 Å². The number of anilines is 1. The number of carbonyl (C=O) groups excluding carboxylic acids is 2. The fourth-order valence-electron chi connectivity index (χ4n) is 4.39. The monoisotopic (exact) mass is 559 g/mol. The van der Waals surface area contributed by atoms with Gasteiger partial charge in [-0.3, -0.25) is 14.6 Å². The SMILES string of the molecule is C[C@]12CCCN1N(Cc1cccc(F)c1F)C(=O)C(C(=O)Nc1ccc(Br)c(C(F)(F)F)c1)=C2O. The minimum atomic E-state index is -4.70. The molecule has 2 aromatic rings. The first kappa shape index (κ1) is 25.1. The number of hydrogen-bond donors (Lipinski definition) is 2. The summed E-state index contributed by atoms with van der Waals surface area (Å²) in [4.78, 5) is 26.4. The first-order valence-electron chi connectivity index (χ1n) is 10.5. The summed E-state index contributed by atoms with van der Waals surface area (Å²) >= 11 is 2.81. The number of carbonyl (C=O) groups is 2. The molecular weight excluding hydrogens is 541 g/mol. The number of alkyl halides is 3. The predicted octanol–water partition coefficient (Wildman–Crippen LogP) is 5.31. The van der Waals surface area contributed by atoms with Crippen molar-refractivity contribution in [1.29, 1.82) is 0 Å². The molecule has 6 nitrogen and oxygen atoms in total. The van der Waals surface area contributed by atoms with Crippen LogP contribution in [0.5, 0.6) is 0 Å². The number of hydrazine groups is 1. The van der Waals surface area contributed by atoms with Gasteiger partial charge in [0, 0.05) is 22.3 Å². The fourth-order valence-corrected chi connectivity index (χ4v) is 4.86. The Balaban J connectivity index is 1.70. The molecule has 35 heavy (non-hydrogen) atoms. The number of aliphatic hydroxyl groups is 1. The highest BCUT2D eigenvalue weighted by Crippen LogP contribution is 2.42. The number of benzene rings is 2. The molecule has 0 unspecified atom stereocenters. The molecule has 2 aromatic carbocycles. The van der Waals surface area contributed by atoms with Gasteiger partial charge in [0.15, 0.2) is 11.6 Å². The Morgan fingerprint density at radius 2 is 1.94 bits per heavy atom. The van der Waals surface area contributed by atoms with Crippen LogP contribution >= 0.6 is 15.9 Å². The topological polar surface area (TPSA) is 72.9 Å². The second-order valence-corrected chi connectivity index (χ2v) is 9.30. The molecule has 0 aromatic heterocycles. The van der Waals surface area contributed by atoms with Crippen molar-refractivity contribution in [3.05, 3.63) is 75.0 Å². The maximum absolute atomic E-state index is 14.3. The van der Waals surface area contributed by atoms with Gasteiger partial charge in [0.2, 0.25) is 0 Å². The van der Waals surface area contributed by atoms with Gasteiger partial charge >= 0.3 is 6.18 Å². The summed E-state index contributed by atoms with van der Waals surface area (Å²) in [7, 11) is 0. The highest BCUT2D eigenvalue weighted by molar-refractivity contribution is 9.10. The maximum atomic E-state index is 14.3. The number of nitrogens with zero attached hydrogens (tertiary/aromatic N) is 2. The van der Waals surface area contributed by atoms with Crippen LogP contribution in [0.25, 0.3) is 0 Å². The molecule has 2 aliphatic rings. The van der Waals surface area contributed by atoms with E-state index in [1.54, 1.807) is 6.92 Å². The minimum absolute atomic E-state index is 0.142. The number of nitrogens with one attached hydrogen (secondary N) is 1. The van der Waals surface area contributed by atoms with Crippen molar-refractivity contribution in [2.24, 2.45) is 0 Å². The average Bonchev–Trinajstić information content (AvgIpc) is 3.18. The summed E-state index contributed by atoms with van der Waals surface area (Å²) in [6.07, 6.45) is -3.82. The molecule has 2 amide bonds. The van der Waals surface area contributed by atoms with Crippen LogP contribution in [0, 0.1) is 11.6 Å². The van der Waals surface area contributed by atoms with Gasteiger partial charge in [0.1, 0.15) is 11.3 Å². The molecule has 1 atom stereocenters. The molecule has 2 aliphatic heterocycles. The van der Waals surface area contributed by atoms with Crippen molar-refractivity contribution in [3.63, 3.8) is 0 Å². The maximum Gasteiger partial charge on any atom is 0.417 e. The standard InChI is InChI=1S/C23H19BrF5N3O3/c1-22-8-3-9-32(22)31(11-12-4-2-5-16(25)18(12)26)21(35)17(19(22)33)20(34)30-13-6-7-15(24)14(10-13)23(27,28)29/h2,4-7,10,33H,3,8-9,11H2,1H3,(H,30,34)/t22-/m1/s1. The number of rotatable bonds is 4. The number of hydrogen-bond acceptors (Lipinski definition) is 4. The first-order chi connectivity index (χ1) is 16.3. The molecule has 1 fully saturated rings. The molecule has 0 bridgehead atoms. The van der Waals surface area contributed by atoms with Crippen LogP contribution in [0.2, 0.25) is 0 Å². The minimum Gasteiger partial charge on any atom is -0.509 e. The molecular formula is C23H19BrF5N3O3. The van der Waals surface area contributed by atoms with E-state index in [-0.39, 0.29) is 15.7 Å². The van der Waals surface area contributed by atoms with Crippen molar-refractivity contribution in [1.82, 2.24) is 10.0 Å². The zero-order chi connectivity index (χ0) is 25.7. The molecule has 2 N–H and O–H groups in total. The third-order valence-corrected chi connectivity index (χ3v) is 6.89. The summed E-state index contributed by atoms with van der Waals surface area (Å²) in [5.41, 5.74) is -3.31. The summed E-state index contributed by atoms with van der Waals surface area (Å²) < 4.78 is 67.6. The molecule has 0 saturated carbocycles. The molecule has 0 aliphatic carbocycles. The Hall–Kier alpha value is -2.99. The lowest BCUT2D eigenvalue weighted by Crippen LogP contribution is -2.60. The van der Waals surface area contributed by atoms with Crippen LogP contribution < -0.4 is 5.32 Å². The molecule has 12 heteroatoms. The van der Waals surface area contributed by atoms with Gasteiger partial charge < -0.3 is 10.4 Å². The van der Waals surface area contributed by atoms with Crippen LogP contribution in [-0.4, -0.2) is 39.0 Å². The van der Waals surface area contributed by atoms with Crippen molar-refractivity contribution >= 4 is 33.4 Å². The van der Waals surface area contributed by atoms with Gasteiger partial charge in [-0.15, -0.1) is 0 Å². The van der Waals surface area contributed by atoms with Crippen molar-refractivity contribution in [3.8, 4) is 0 Å². The molecule has 1 saturated heterocycles. The van der Waals surface area contributed by atoms with E-state index >= 15 is 0 Å². The second kappa shape index (κ2) is 8.90. The highest BCUT2D eigenvalue weighted by atomic mass is 79.9. The summed E-state index contributed by atoms with van der Waals surface area (Å²) in [6, 6.07) is 6.47. The van der Waals surface area contributed by atoms with E-state index in [2.05, 4.69) is 21.2 Å². The number of fused-ring (bicyclic) bond motifs is 1. The van der Waals surface area contributed by atoms with Gasteiger partial charge in [-0.2, -0.15) is 13.2 Å². The quantitative estimate of drug-likeness (QED) is 0.393. The normalized spacial score (nSPS) is 20.9. The zero-order valence-corrected chi connectivity index (χ0v) is 19.8. The lowest BCUT2D eigenvalue weighted by Gasteiger charge is -2.46. The summed E-state index contributed by atoms with van der Waals surface area (Å²) in [6.45, 7) is 1.48. The lowest BCUT2D eigenvalue weighted by molar-refractivity contribution is -0.160. The van der Waals surface area contributed by atoms with Crippen LogP contribution in [0.4, 0.5) is 27.6 Å². The van der Waals surface area contributed by atoms with E-state index in [0.717, 1.165) is 17.1 Å². The molecule has 0 radical (unpaired) electrons. The molecule has 4 rings (SSSR count). The number of amides is 2. The predicted molar refractivity (Wildman–Crippen MR) is 119 cm³/mol. The van der Waals surface area contributed by atoms with Crippen molar-refractivity contribution < 1.29 is 36.6 Å². The largest absolute Gasteiger partial charge is 0.509 e.